The van der Waals surface area contributed by atoms with Crippen molar-refractivity contribution in [1.29, 1.82) is 0 Å². The molecule has 3 rings (SSSR count). The number of benzene rings is 1. The molecule has 4 nitrogen and oxygen atoms in total. The minimum atomic E-state index is 0.315. The molecule has 1 fully saturated rings. The molecule has 1 aromatic carbocycles. The zero-order valence-corrected chi connectivity index (χ0v) is 14.0. The summed E-state index contributed by atoms with van der Waals surface area (Å²) < 4.78 is 5.80. The van der Waals surface area contributed by atoms with Crippen LogP contribution in [0.3, 0.4) is 0 Å². The highest BCUT2D eigenvalue weighted by atomic mass is 32.1. The number of ether oxygens (including phenoxy) is 1. The zero-order valence-electron chi connectivity index (χ0n) is 13.2. The molecule has 5 heteroatoms. The van der Waals surface area contributed by atoms with Gasteiger partial charge in [-0.1, -0.05) is 12.1 Å². The van der Waals surface area contributed by atoms with Gasteiger partial charge in [-0.25, -0.2) is 4.98 Å². The SMILES string of the molecule is C[C@@H]1CN(Cc2cccc(NCc3cscn3)c2)C[C@@H](C)O1. The Morgan fingerprint density at radius 3 is 2.86 bits per heavy atom. The topological polar surface area (TPSA) is 37.4 Å². The quantitative estimate of drug-likeness (QED) is 0.917. The van der Waals surface area contributed by atoms with Crippen LogP contribution in [0.1, 0.15) is 25.1 Å². The lowest BCUT2D eigenvalue weighted by Gasteiger charge is -2.35. The number of morpholine rings is 1. The molecular weight excluding hydrogens is 294 g/mol. The number of hydrogen-bond donors (Lipinski definition) is 1. The number of nitrogens with zero attached hydrogens (tertiary/aromatic N) is 2. The molecule has 1 aliphatic heterocycles. The van der Waals surface area contributed by atoms with E-state index in [2.05, 4.69) is 58.7 Å². The van der Waals surface area contributed by atoms with Gasteiger partial charge >= 0.3 is 0 Å². The summed E-state index contributed by atoms with van der Waals surface area (Å²) in [6.07, 6.45) is 0.629. The molecule has 0 saturated carbocycles. The number of hydrogen-bond acceptors (Lipinski definition) is 5. The van der Waals surface area contributed by atoms with Crippen molar-refractivity contribution >= 4 is 17.0 Å². The van der Waals surface area contributed by atoms with Crippen LogP contribution >= 0.6 is 11.3 Å². The van der Waals surface area contributed by atoms with Gasteiger partial charge in [0.25, 0.3) is 0 Å². The molecule has 1 N–H and O–H groups in total. The van der Waals surface area contributed by atoms with E-state index in [0.717, 1.165) is 37.6 Å². The molecule has 22 heavy (non-hydrogen) atoms. The molecule has 2 aromatic rings. The fourth-order valence-corrected chi connectivity index (χ4v) is 3.53. The van der Waals surface area contributed by atoms with Gasteiger partial charge in [0, 0.05) is 30.7 Å². The largest absolute Gasteiger partial charge is 0.379 e. The minimum Gasteiger partial charge on any atom is -0.379 e. The third kappa shape index (κ3) is 4.29. The monoisotopic (exact) mass is 317 g/mol. The highest BCUT2D eigenvalue weighted by Gasteiger charge is 2.21. The standard InChI is InChI=1S/C17H23N3OS/c1-13-8-20(9-14(2)21-13)10-15-4-3-5-16(6-15)18-7-17-11-22-12-19-17/h3-6,11-14,18H,7-10H2,1-2H3/t13-,14-/m1/s1. The number of thiazole rings is 1. The Kier molecular flexibility index (Phi) is 5.08. The molecule has 0 unspecified atom stereocenters. The van der Waals surface area contributed by atoms with E-state index in [1.807, 2.05) is 5.51 Å². The first-order valence-electron chi connectivity index (χ1n) is 7.77. The van der Waals surface area contributed by atoms with Crippen molar-refractivity contribution in [3.8, 4) is 0 Å². The van der Waals surface area contributed by atoms with Crippen LogP contribution in [0.2, 0.25) is 0 Å². The van der Waals surface area contributed by atoms with Gasteiger partial charge in [-0.2, -0.15) is 0 Å². The Morgan fingerprint density at radius 1 is 1.32 bits per heavy atom. The molecular formula is C17H23N3OS. The van der Waals surface area contributed by atoms with Crippen molar-refractivity contribution in [3.63, 3.8) is 0 Å². The predicted molar refractivity (Wildman–Crippen MR) is 91.2 cm³/mol. The molecule has 2 heterocycles. The van der Waals surface area contributed by atoms with Crippen LogP contribution in [0.5, 0.6) is 0 Å². The lowest BCUT2D eigenvalue weighted by atomic mass is 10.1. The number of rotatable bonds is 5. The Labute approximate surface area is 136 Å². The Bertz CT molecular complexity index is 577. The van der Waals surface area contributed by atoms with Crippen molar-refractivity contribution < 1.29 is 4.74 Å². The van der Waals surface area contributed by atoms with Crippen LogP contribution in [0.15, 0.2) is 35.2 Å². The molecule has 1 saturated heterocycles. The smallest absolute Gasteiger partial charge is 0.0795 e. The summed E-state index contributed by atoms with van der Waals surface area (Å²) in [5, 5.41) is 5.52. The lowest BCUT2D eigenvalue weighted by Crippen LogP contribution is -2.44. The van der Waals surface area contributed by atoms with Gasteiger partial charge < -0.3 is 10.1 Å². The van der Waals surface area contributed by atoms with Crippen LogP contribution < -0.4 is 5.32 Å². The predicted octanol–water partition coefficient (Wildman–Crippen LogP) is 3.36. The van der Waals surface area contributed by atoms with Crippen molar-refractivity contribution in [2.24, 2.45) is 0 Å². The third-order valence-corrected chi connectivity index (χ3v) is 4.42. The van der Waals surface area contributed by atoms with Crippen LogP contribution in [0, 0.1) is 0 Å². The van der Waals surface area contributed by atoms with E-state index in [1.165, 1.54) is 5.56 Å². The zero-order chi connectivity index (χ0) is 15.4. The van der Waals surface area contributed by atoms with E-state index in [9.17, 15) is 0 Å². The summed E-state index contributed by atoms with van der Waals surface area (Å²) in [6, 6.07) is 8.66. The molecule has 1 aromatic heterocycles. The molecule has 1 aliphatic rings. The van der Waals surface area contributed by atoms with Gasteiger partial charge in [0.05, 0.1) is 30.0 Å². The van der Waals surface area contributed by atoms with E-state index in [1.54, 1.807) is 11.3 Å². The number of nitrogens with one attached hydrogen (secondary N) is 1. The Hall–Kier alpha value is -1.43. The summed E-state index contributed by atoms with van der Waals surface area (Å²) in [5.74, 6) is 0. The third-order valence-electron chi connectivity index (χ3n) is 3.79. The second-order valence-corrected chi connectivity index (χ2v) is 6.70. The van der Waals surface area contributed by atoms with Gasteiger partial charge in [0.1, 0.15) is 0 Å². The molecule has 118 valence electrons. The number of aromatic nitrogens is 1. The van der Waals surface area contributed by atoms with Gasteiger partial charge in [-0.05, 0) is 31.5 Å². The van der Waals surface area contributed by atoms with Gasteiger partial charge in [-0.15, -0.1) is 11.3 Å². The summed E-state index contributed by atoms with van der Waals surface area (Å²) in [4.78, 5) is 6.77. The number of anilines is 1. The van der Waals surface area contributed by atoms with Crippen molar-refractivity contribution in [3.05, 3.63) is 46.4 Å². The maximum absolute atomic E-state index is 5.80. The second-order valence-electron chi connectivity index (χ2n) is 5.99. The summed E-state index contributed by atoms with van der Waals surface area (Å²) in [6.45, 7) is 8.05. The maximum atomic E-state index is 5.80. The summed E-state index contributed by atoms with van der Waals surface area (Å²) in [5.41, 5.74) is 5.45. The fourth-order valence-electron chi connectivity index (χ4n) is 2.97. The molecule has 2 atom stereocenters. The lowest BCUT2D eigenvalue weighted by molar-refractivity contribution is -0.0704. The van der Waals surface area contributed by atoms with Crippen molar-refractivity contribution in [1.82, 2.24) is 9.88 Å². The van der Waals surface area contributed by atoms with Crippen LogP contribution in [0.4, 0.5) is 5.69 Å². The van der Waals surface area contributed by atoms with Crippen LogP contribution in [-0.2, 0) is 17.8 Å². The van der Waals surface area contributed by atoms with E-state index < -0.39 is 0 Å². The Balaban J connectivity index is 1.58. The molecule has 0 aliphatic carbocycles. The van der Waals surface area contributed by atoms with E-state index in [-0.39, 0.29) is 0 Å². The first-order valence-corrected chi connectivity index (χ1v) is 8.71. The first kappa shape index (κ1) is 15.5. The van der Waals surface area contributed by atoms with Crippen LogP contribution in [0.25, 0.3) is 0 Å². The van der Waals surface area contributed by atoms with Crippen molar-refractivity contribution in [2.75, 3.05) is 18.4 Å². The Morgan fingerprint density at radius 2 is 2.14 bits per heavy atom. The van der Waals surface area contributed by atoms with Gasteiger partial charge in [0.15, 0.2) is 0 Å². The van der Waals surface area contributed by atoms with E-state index in [0.29, 0.717) is 12.2 Å². The molecule has 0 amide bonds. The highest BCUT2D eigenvalue weighted by Crippen LogP contribution is 2.17. The minimum absolute atomic E-state index is 0.315. The van der Waals surface area contributed by atoms with E-state index >= 15 is 0 Å². The normalized spacial score (nSPS) is 22.6. The van der Waals surface area contributed by atoms with Crippen molar-refractivity contribution in [2.45, 2.75) is 39.1 Å². The first-order chi connectivity index (χ1) is 10.7. The maximum Gasteiger partial charge on any atom is 0.0795 e. The molecule has 0 spiro atoms. The van der Waals surface area contributed by atoms with Gasteiger partial charge in [-0.3, -0.25) is 4.90 Å². The molecule has 0 bridgehead atoms. The average Bonchev–Trinajstić information content (AvgIpc) is 2.98. The second kappa shape index (κ2) is 7.22. The highest BCUT2D eigenvalue weighted by molar-refractivity contribution is 7.07. The molecule has 0 radical (unpaired) electrons. The average molecular weight is 317 g/mol. The summed E-state index contributed by atoms with van der Waals surface area (Å²) >= 11 is 1.63. The summed E-state index contributed by atoms with van der Waals surface area (Å²) in [7, 11) is 0. The van der Waals surface area contributed by atoms with E-state index in [4.69, 9.17) is 4.74 Å². The fraction of sp³-hybridized carbons (Fsp3) is 0.471. The van der Waals surface area contributed by atoms with Crippen LogP contribution in [-0.4, -0.2) is 35.2 Å². The van der Waals surface area contributed by atoms with Gasteiger partial charge in [0.2, 0.25) is 0 Å².